The lowest BCUT2D eigenvalue weighted by Gasteiger charge is -2.25. The van der Waals surface area contributed by atoms with Gasteiger partial charge in [0, 0.05) is 24.9 Å². The Morgan fingerprint density at radius 2 is 2.26 bits per heavy atom. The van der Waals surface area contributed by atoms with Gasteiger partial charge in [0.25, 0.3) is 0 Å². The summed E-state index contributed by atoms with van der Waals surface area (Å²) in [7, 11) is 2.02. The quantitative estimate of drug-likeness (QED) is 0.759. The van der Waals surface area contributed by atoms with Crippen LogP contribution in [0.1, 0.15) is 20.3 Å². The van der Waals surface area contributed by atoms with Gasteiger partial charge in [0.15, 0.2) is 0 Å². The van der Waals surface area contributed by atoms with Crippen LogP contribution in [0.2, 0.25) is 0 Å². The van der Waals surface area contributed by atoms with Crippen molar-refractivity contribution in [2.45, 2.75) is 32.4 Å². The van der Waals surface area contributed by atoms with Crippen LogP contribution in [-0.2, 0) is 4.79 Å². The Morgan fingerprint density at radius 1 is 1.58 bits per heavy atom. The number of thioether (sulfide) groups is 1. The zero-order valence-electron chi connectivity index (χ0n) is 11.8. The number of carboxylic acid groups (broad SMARTS) is 1. The van der Waals surface area contributed by atoms with Crippen LogP contribution in [-0.4, -0.2) is 70.8 Å². The smallest absolute Gasteiger partial charge is 0.327 e. The summed E-state index contributed by atoms with van der Waals surface area (Å²) in [4.78, 5) is 26.4. The van der Waals surface area contributed by atoms with E-state index < -0.39 is 12.0 Å². The molecular weight excluding hydrogens is 266 g/mol. The van der Waals surface area contributed by atoms with E-state index in [4.69, 9.17) is 5.11 Å². The fourth-order valence-corrected chi connectivity index (χ4v) is 2.97. The molecule has 110 valence electrons. The number of carbonyl (C=O) groups is 2. The zero-order valence-corrected chi connectivity index (χ0v) is 12.6. The van der Waals surface area contributed by atoms with E-state index in [9.17, 15) is 9.59 Å². The van der Waals surface area contributed by atoms with E-state index in [1.807, 2.05) is 7.05 Å². The number of likely N-dealkylation sites (N-methyl/N-ethyl adjacent to an activating group) is 1. The average molecular weight is 289 g/mol. The lowest BCUT2D eigenvalue weighted by atomic mass is 10.2. The van der Waals surface area contributed by atoms with Crippen molar-refractivity contribution < 1.29 is 14.7 Å². The third kappa shape index (κ3) is 4.58. The van der Waals surface area contributed by atoms with E-state index in [1.54, 1.807) is 0 Å². The number of aliphatic carboxylic acids is 1. The summed E-state index contributed by atoms with van der Waals surface area (Å²) in [5.41, 5.74) is 0. The summed E-state index contributed by atoms with van der Waals surface area (Å²) in [6.07, 6.45) is 1.06. The molecule has 1 heterocycles. The molecule has 1 saturated heterocycles. The largest absolute Gasteiger partial charge is 0.480 e. The average Bonchev–Trinajstić information content (AvgIpc) is 2.86. The van der Waals surface area contributed by atoms with Crippen LogP contribution < -0.4 is 5.32 Å². The van der Waals surface area contributed by atoms with E-state index in [-0.39, 0.29) is 6.03 Å². The van der Waals surface area contributed by atoms with Crippen molar-refractivity contribution in [3.63, 3.8) is 0 Å². The van der Waals surface area contributed by atoms with Crippen molar-refractivity contribution in [3.8, 4) is 0 Å². The summed E-state index contributed by atoms with van der Waals surface area (Å²) in [5.74, 6) is -0.0173. The zero-order chi connectivity index (χ0) is 14.4. The molecule has 19 heavy (non-hydrogen) atoms. The predicted molar refractivity (Wildman–Crippen MR) is 76.4 cm³/mol. The summed E-state index contributed by atoms with van der Waals surface area (Å²) in [6.45, 7) is 5.56. The Morgan fingerprint density at radius 3 is 2.84 bits per heavy atom. The van der Waals surface area contributed by atoms with Crippen molar-refractivity contribution in [1.29, 1.82) is 0 Å². The highest BCUT2D eigenvalue weighted by molar-refractivity contribution is 7.99. The number of hydrogen-bond acceptors (Lipinski definition) is 4. The Balaban J connectivity index is 2.33. The van der Waals surface area contributed by atoms with Crippen molar-refractivity contribution in [3.05, 3.63) is 0 Å². The van der Waals surface area contributed by atoms with Crippen LogP contribution in [0.5, 0.6) is 0 Å². The summed E-state index contributed by atoms with van der Waals surface area (Å²) < 4.78 is 0. The first-order chi connectivity index (χ1) is 8.97. The highest BCUT2D eigenvalue weighted by atomic mass is 32.2. The first-order valence-corrected chi connectivity index (χ1v) is 7.68. The molecule has 1 rings (SSSR count). The number of carbonyl (C=O) groups excluding carboxylic acids is 1. The number of nitrogens with one attached hydrogen (secondary N) is 1. The number of rotatable bonds is 6. The van der Waals surface area contributed by atoms with Crippen molar-refractivity contribution in [2.24, 2.45) is 0 Å². The Hall–Kier alpha value is -0.950. The molecule has 2 atom stereocenters. The van der Waals surface area contributed by atoms with Gasteiger partial charge < -0.3 is 20.2 Å². The third-order valence-electron chi connectivity index (χ3n) is 3.51. The Bertz CT molecular complexity index is 327. The van der Waals surface area contributed by atoms with Gasteiger partial charge in [-0.25, -0.2) is 9.59 Å². The van der Waals surface area contributed by atoms with E-state index >= 15 is 0 Å². The second kappa shape index (κ2) is 7.59. The van der Waals surface area contributed by atoms with Gasteiger partial charge in [0.1, 0.15) is 6.04 Å². The minimum Gasteiger partial charge on any atom is -0.480 e. The molecule has 2 amide bonds. The first-order valence-electron chi connectivity index (χ1n) is 6.52. The third-order valence-corrected chi connectivity index (χ3v) is 4.52. The molecule has 1 aliphatic heterocycles. The van der Waals surface area contributed by atoms with Gasteiger partial charge in [-0.15, -0.1) is 11.8 Å². The van der Waals surface area contributed by atoms with Crippen LogP contribution in [0.4, 0.5) is 4.79 Å². The molecule has 0 aromatic heterocycles. The molecule has 0 aliphatic carbocycles. The molecule has 6 nitrogen and oxygen atoms in total. The van der Waals surface area contributed by atoms with Crippen LogP contribution in [0.3, 0.4) is 0 Å². The van der Waals surface area contributed by atoms with Gasteiger partial charge >= 0.3 is 12.0 Å². The second-order valence-corrected chi connectivity index (χ2v) is 5.79. The van der Waals surface area contributed by atoms with Crippen LogP contribution in [0.25, 0.3) is 0 Å². The van der Waals surface area contributed by atoms with Crippen molar-refractivity contribution in [2.75, 3.05) is 31.8 Å². The second-order valence-electron chi connectivity index (χ2n) is 4.79. The van der Waals surface area contributed by atoms with E-state index in [0.717, 1.165) is 13.0 Å². The molecule has 2 unspecified atom stereocenters. The number of urea groups is 1. The van der Waals surface area contributed by atoms with E-state index in [2.05, 4.69) is 24.1 Å². The molecule has 0 saturated carbocycles. The minimum atomic E-state index is -0.933. The normalized spacial score (nSPS) is 20.6. The molecular formula is C12H23N3O3S. The van der Waals surface area contributed by atoms with Crippen LogP contribution >= 0.6 is 11.8 Å². The molecule has 7 heteroatoms. The van der Waals surface area contributed by atoms with E-state index in [1.165, 1.54) is 16.7 Å². The molecule has 0 aromatic rings. The SMILES string of the molecule is CCC(C)N(C)CCNC(=O)N1CSCC1C(=O)O. The monoisotopic (exact) mass is 289 g/mol. The van der Waals surface area contributed by atoms with Crippen molar-refractivity contribution in [1.82, 2.24) is 15.1 Å². The van der Waals surface area contributed by atoms with Gasteiger partial charge in [-0.3, -0.25) is 0 Å². The molecule has 0 spiro atoms. The highest BCUT2D eigenvalue weighted by Gasteiger charge is 2.34. The number of amides is 2. The first kappa shape index (κ1) is 16.1. The molecule has 0 bridgehead atoms. The molecule has 1 aliphatic rings. The maximum Gasteiger partial charge on any atom is 0.327 e. The summed E-state index contributed by atoms with van der Waals surface area (Å²) >= 11 is 1.47. The minimum absolute atomic E-state index is 0.282. The molecule has 2 N–H and O–H groups in total. The predicted octanol–water partition coefficient (Wildman–Crippen LogP) is 0.886. The molecule has 0 radical (unpaired) electrons. The van der Waals surface area contributed by atoms with E-state index in [0.29, 0.717) is 24.2 Å². The fourth-order valence-electron chi connectivity index (χ4n) is 1.82. The highest BCUT2D eigenvalue weighted by Crippen LogP contribution is 2.20. The van der Waals surface area contributed by atoms with Gasteiger partial charge in [0.05, 0.1) is 5.88 Å². The van der Waals surface area contributed by atoms with Gasteiger partial charge in [0.2, 0.25) is 0 Å². The maximum atomic E-state index is 11.9. The summed E-state index contributed by atoms with van der Waals surface area (Å²) in [6, 6.07) is -0.502. The molecule has 1 fully saturated rings. The number of carboxylic acids is 1. The molecule has 0 aromatic carbocycles. The van der Waals surface area contributed by atoms with Crippen LogP contribution in [0.15, 0.2) is 0 Å². The summed E-state index contributed by atoms with van der Waals surface area (Å²) in [5, 5.41) is 11.8. The lowest BCUT2D eigenvalue weighted by Crippen LogP contribution is -2.48. The Labute approximate surface area is 118 Å². The topological polar surface area (TPSA) is 72.9 Å². The van der Waals surface area contributed by atoms with Crippen LogP contribution in [0, 0.1) is 0 Å². The fraction of sp³-hybridized carbons (Fsp3) is 0.833. The number of hydrogen-bond donors (Lipinski definition) is 2. The van der Waals surface area contributed by atoms with Gasteiger partial charge in [-0.1, -0.05) is 6.92 Å². The van der Waals surface area contributed by atoms with Gasteiger partial charge in [-0.05, 0) is 20.4 Å². The standard InChI is InChI=1S/C12H23N3O3S/c1-4-9(2)14(3)6-5-13-12(18)15-8-19-7-10(15)11(16)17/h9-10H,4-8H2,1-3H3,(H,13,18)(H,16,17). The van der Waals surface area contributed by atoms with Gasteiger partial charge in [-0.2, -0.15) is 0 Å². The lowest BCUT2D eigenvalue weighted by molar-refractivity contribution is -0.140. The maximum absolute atomic E-state index is 11.9. The Kier molecular flexibility index (Phi) is 6.44. The number of nitrogens with zero attached hydrogens (tertiary/aromatic N) is 2. The van der Waals surface area contributed by atoms with Crippen molar-refractivity contribution >= 4 is 23.8 Å².